The summed E-state index contributed by atoms with van der Waals surface area (Å²) in [6, 6.07) is 20.4. The lowest BCUT2D eigenvalue weighted by molar-refractivity contribution is -0.132. The number of fused-ring (bicyclic) bond motifs is 2. The number of carbonyl (C=O) groups is 1. The van der Waals surface area contributed by atoms with Crippen LogP contribution >= 0.6 is 0 Å². The summed E-state index contributed by atoms with van der Waals surface area (Å²) in [4.78, 5) is 12.4. The van der Waals surface area contributed by atoms with Crippen LogP contribution in [0.2, 0.25) is 0 Å². The van der Waals surface area contributed by atoms with Crippen LogP contribution in [0.3, 0.4) is 0 Å². The van der Waals surface area contributed by atoms with Crippen molar-refractivity contribution in [2.45, 2.75) is 12.0 Å². The Balaban J connectivity index is 1.74. The van der Waals surface area contributed by atoms with Gasteiger partial charge >= 0.3 is 0 Å². The van der Waals surface area contributed by atoms with Crippen molar-refractivity contribution in [1.82, 2.24) is 0 Å². The van der Waals surface area contributed by atoms with Gasteiger partial charge in [-0.1, -0.05) is 59.8 Å². The molecule has 1 amide bonds. The van der Waals surface area contributed by atoms with E-state index in [2.05, 4.69) is 10.5 Å². The second-order valence-corrected chi connectivity index (χ2v) is 6.15. The van der Waals surface area contributed by atoms with Crippen LogP contribution in [0.25, 0.3) is 10.8 Å². The molecular weight excluding hydrogens is 316 g/mol. The summed E-state index contributed by atoms with van der Waals surface area (Å²) in [5, 5.41) is 28.6. The second-order valence-electron chi connectivity index (χ2n) is 6.15. The predicted molar refractivity (Wildman–Crippen MR) is 95.9 cm³/mol. The Morgan fingerprint density at radius 1 is 1.00 bits per heavy atom. The molecule has 0 spiro atoms. The van der Waals surface area contributed by atoms with Gasteiger partial charge in [-0.2, -0.15) is 0 Å². The maximum absolute atomic E-state index is 12.4. The number of rotatable bonds is 3. The highest BCUT2D eigenvalue weighted by Gasteiger charge is 2.46. The Morgan fingerprint density at radius 3 is 2.52 bits per heavy atom. The van der Waals surface area contributed by atoms with E-state index in [1.165, 1.54) is 0 Å². The molecule has 5 heteroatoms. The zero-order chi connectivity index (χ0) is 17.4. The van der Waals surface area contributed by atoms with Gasteiger partial charge in [0.25, 0.3) is 5.91 Å². The van der Waals surface area contributed by atoms with Crippen LogP contribution in [-0.2, 0) is 10.4 Å². The van der Waals surface area contributed by atoms with Gasteiger partial charge in [0.05, 0.1) is 5.71 Å². The summed E-state index contributed by atoms with van der Waals surface area (Å²) >= 11 is 0. The maximum Gasteiger partial charge on any atom is 0.261 e. The molecule has 25 heavy (non-hydrogen) atoms. The molecule has 124 valence electrons. The van der Waals surface area contributed by atoms with Gasteiger partial charge in [-0.3, -0.25) is 4.79 Å². The highest BCUT2D eigenvalue weighted by atomic mass is 16.4. The Labute approximate surface area is 144 Å². The van der Waals surface area contributed by atoms with Crippen molar-refractivity contribution in [3.05, 3.63) is 77.9 Å². The van der Waals surface area contributed by atoms with Crippen molar-refractivity contribution in [3.8, 4) is 0 Å². The first-order chi connectivity index (χ1) is 12.1. The molecule has 1 aliphatic rings. The van der Waals surface area contributed by atoms with Gasteiger partial charge in [0, 0.05) is 23.2 Å². The fourth-order valence-electron chi connectivity index (χ4n) is 3.28. The summed E-state index contributed by atoms with van der Waals surface area (Å²) < 4.78 is 0. The van der Waals surface area contributed by atoms with Gasteiger partial charge in [-0.05, 0) is 22.9 Å². The van der Waals surface area contributed by atoms with E-state index < -0.39 is 11.5 Å². The number of oxime groups is 1. The lowest BCUT2D eigenvalue weighted by Crippen LogP contribution is -2.36. The number of amides is 1. The molecule has 1 heterocycles. The zero-order valence-corrected chi connectivity index (χ0v) is 13.3. The molecule has 3 aromatic carbocycles. The molecule has 3 aromatic rings. The fourth-order valence-corrected chi connectivity index (χ4v) is 3.28. The minimum atomic E-state index is -1.76. The van der Waals surface area contributed by atoms with E-state index in [1.54, 1.807) is 24.3 Å². The number of aliphatic hydroxyl groups is 1. The van der Waals surface area contributed by atoms with Gasteiger partial charge in [0.2, 0.25) is 0 Å². The van der Waals surface area contributed by atoms with Crippen LogP contribution in [0.15, 0.2) is 71.9 Å². The van der Waals surface area contributed by atoms with Gasteiger partial charge in [-0.25, -0.2) is 0 Å². The van der Waals surface area contributed by atoms with Crippen LogP contribution in [0.4, 0.5) is 5.69 Å². The highest BCUT2D eigenvalue weighted by Crippen LogP contribution is 2.39. The maximum atomic E-state index is 12.4. The minimum absolute atomic E-state index is 0.120. The first-order valence-electron chi connectivity index (χ1n) is 7.95. The van der Waals surface area contributed by atoms with Crippen LogP contribution < -0.4 is 5.32 Å². The van der Waals surface area contributed by atoms with Crippen molar-refractivity contribution >= 4 is 28.1 Å². The van der Waals surface area contributed by atoms with Crippen molar-refractivity contribution in [2.24, 2.45) is 5.16 Å². The molecule has 0 aromatic heterocycles. The van der Waals surface area contributed by atoms with Crippen molar-refractivity contribution in [2.75, 3.05) is 5.32 Å². The van der Waals surface area contributed by atoms with E-state index >= 15 is 0 Å². The second kappa shape index (κ2) is 5.72. The molecule has 0 aliphatic carbocycles. The number of nitrogens with zero attached hydrogens (tertiary/aromatic N) is 1. The largest absolute Gasteiger partial charge is 0.411 e. The molecule has 5 nitrogen and oxygen atoms in total. The van der Waals surface area contributed by atoms with Crippen LogP contribution in [-0.4, -0.2) is 21.9 Å². The molecule has 0 fully saturated rings. The summed E-state index contributed by atoms with van der Waals surface area (Å²) in [7, 11) is 0. The molecule has 0 radical (unpaired) electrons. The SMILES string of the molecule is O=C1Nc2ccccc2C1(O)C/C(=N/O)c1ccc2ccccc2c1. The van der Waals surface area contributed by atoms with E-state index in [4.69, 9.17) is 0 Å². The molecule has 0 saturated carbocycles. The molecule has 0 saturated heterocycles. The number of benzene rings is 3. The third kappa shape index (κ3) is 2.45. The monoisotopic (exact) mass is 332 g/mol. The van der Waals surface area contributed by atoms with Crippen LogP contribution in [0.5, 0.6) is 0 Å². The number of anilines is 1. The Morgan fingerprint density at radius 2 is 1.72 bits per heavy atom. The number of hydrogen-bond acceptors (Lipinski definition) is 4. The Kier molecular flexibility index (Phi) is 3.51. The molecule has 1 atom stereocenters. The minimum Gasteiger partial charge on any atom is -0.411 e. The number of nitrogens with one attached hydrogen (secondary N) is 1. The molecule has 1 aliphatic heterocycles. The van der Waals surface area contributed by atoms with Crippen molar-refractivity contribution < 1.29 is 15.1 Å². The first-order valence-corrected chi connectivity index (χ1v) is 7.95. The van der Waals surface area contributed by atoms with E-state index in [-0.39, 0.29) is 12.1 Å². The lowest BCUT2D eigenvalue weighted by Gasteiger charge is -2.21. The number of para-hydroxylation sites is 1. The van der Waals surface area contributed by atoms with E-state index in [1.807, 2.05) is 42.5 Å². The predicted octanol–water partition coefficient (Wildman–Crippen LogP) is 3.25. The topological polar surface area (TPSA) is 81.9 Å². The van der Waals surface area contributed by atoms with Crippen LogP contribution in [0, 0.1) is 0 Å². The van der Waals surface area contributed by atoms with Gasteiger partial charge in [-0.15, -0.1) is 0 Å². The third-order valence-corrected chi connectivity index (χ3v) is 4.62. The highest BCUT2D eigenvalue weighted by molar-refractivity contribution is 6.11. The summed E-state index contributed by atoms with van der Waals surface area (Å²) in [5.74, 6) is -0.518. The number of carbonyl (C=O) groups excluding carboxylic acids is 1. The average Bonchev–Trinajstić information content (AvgIpc) is 2.90. The molecule has 4 rings (SSSR count). The fraction of sp³-hybridized carbons (Fsp3) is 0.100. The summed E-state index contributed by atoms with van der Waals surface area (Å²) in [5.41, 5.74) is 0.212. The van der Waals surface area contributed by atoms with Crippen molar-refractivity contribution in [3.63, 3.8) is 0 Å². The average molecular weight is 332 g/mol. The van der Waals surface area contributed by atoms with Gasteiger partial charge in [0.1, 0.15) is 0 Å². The Hall–Kier alpha value is -3.18. The third-order valence-electron chi connectivity index (χ3n) is 4.62. The standard InChI is InChI=1S/C20H16N2O3/c23-19-20(24,16-7-3-4-8-17(16)21-19)12-18(22-25)15-10-9-13-5-1-2-6-14(13)11-15/h1-11,24-25H,12H2,(H,21,23)/b22-18-. The van der Waals surface area contributed by atoms with E-state index in [0.29, 0.717) is 16.8 Å². The number of hydrogen-bond donors (Lipinski definition) is 3. The van der Waals surface area contributed by atoms with Gasteiger partial charge in [0.15, 0.2) is 5.60 Å². The van der Waals surface area contributed by atoms with E-state index in [9.17, 15) is 15.1 Å². The molecule has 0 bridgehead atoms. The zero-order valence-electron chi connectivity index (χ0n) is 13.3. The van der Waals surface area contributed by atoms with Crippen LogP contribution in [0.1, 0.15) is 17.5 Å². The molecule has 3 N–H and O–H groups in total. The summed E-state index contributed by atoms with van der Waals surface area (Å²) in [6.45, 7) is 0. The quantitative estimate of drug-likeness (QED) is 0.391. The van der Waals surface area contributed by atoms with E-state index in [0.717, 1.165) is 10.8 Å². The Bertz CT molecular complexity index is 1010. The smallest absolute Gasteiger partial charge is 0.261 e. The normalized spacial score (nSPS) is 19.7. The molecular formula is C20H16N2O3. The lowest BCUT2D eigenvalue weighted by atomic mass is 9.87. The first kappa shape index (κ1) is 15.4. The summed E-state index contributed by atoms with van der Waals surface area (Å²) in [6.07, 6.45) is -0.120. The van der Waals surface area contributed by atoms with Gasteiger partial charge < -0.3 is 15.6 Å². The van der Waals surface area contributed by atoms with Crippen molar-refractivity contribution in [1.29, 1.82) is 0 Å². The molecule has 1 unspecified atom stereocenters.